The Bertz CT molecular complexity index is 584. The van der Waals surface area contributed by atoms with Crippen LogP contribution in [0.5, 0.6) is 0 Å². The van der Waals surface area contributed by atoms with Gasteiger partial charge in [-0.1, -0.05) is 0 Å². The molecule has 0 aliphatic heterocycles. The molecule has 0 radical (unpaired) electrons. The molecule has 19 heavy (non-hydrogen) atoms. The Labute approximate surface area is 112 Å². The van der Waals surface area contributed by atoms with Gasteiger partial charge < -0.3 is 16.4 Å². The van der Waals surface area contributed by atoms with Gasteiger partial charge in [-0.25, -0.2) is 4.98 Å². The fourth-order valence-electron chi connectivity index (χ4n) is 1.25. The fraction of sp³-hybridized carbons (Fsp3) is 0.0909. The minimum Gasteiger partial charge on any atom is -0.368 e. The number of primary amides is 1. The van der Waals surface area contributed by atoms with E-state index >= 15 is 0 Å². The summed E-state index contributed by atoms with van der Waals surface area (Å²) >= 11 is 1.28. The Morgan fingerprint density at radius 1 is 1.42 bits per heavy atom. The second kappa shape index (κ2) is 5.91. The van der Waals surface area contributed by atoms with Crippen molar-refractivity contribution in [1.29, 1.82) is 0 Å². The summed E-state index contributed by atoms with van der Waals surface area (Å²) < 4.78 is 0. The Kier molecular flexibility index (Phi) is 4.04. The Morgan fingerprint density at radius 3 is 2.95 bits per heavy atom. The number of carbonyl (C=O) groups excluding carboxylic acids is 2. The number of amides is 2. The summed E-state index contributed by atoms with van der Waals surface area (Å²) in [6.45, 7) is -0.207. The smallest absolute Gasteiger partial charge is 0.271 e. The number of anilines is 2. The predicted molar refractivity (Wildman–Crippen MR) is 71.2 cm³/mol. The molecule has 4 N–H and O–H groups in total. The molecule has 2 aromatic rings. The first-order valence-corrected chi connectivity index (χ1v) is 6.22. The molecule has 0 saturated heterocycles. The van der Waals surface area contributed by atoms with Crippen LogP contribution in [-0.4, -0.2) is 28.3 Å². The summed E-state index contributed by atoms with van der Waals surface area (Å²) in [4.78, 5) is 30.2. The van der Waals surface area contributed by atoms with Gasteiger partial charge in [-0.2, -0.15) is 0 Å². The second-order valence-electron chi connectivity index (χ2n) is 3.55. The Hall–Kier alpha value is -2.48. The highest BCUT2D eigenvalue weighted by Crippen LogP contribution is 2.19. The van der Waals surface area contributed by atoms with Crippen LogP contribution in [0.25, 0.3) is 0 Å². The molecule has 0 spiro atoms. The zero-order valence-electron chi connectivity index (χ0n) is 9.79. The standard InChI is InChI=1S/C11H11N5O2S/c12-9(17)5-14-10(18)8-6-19-11(16-8)15-7-2-1-3-13-4-7/h1-4,6H,5H2,(H2,12,17)(H,14,18)(H,15,16). The molecule has 2 rings (SSSR count). The first-order chi connectivity index (χ1) is 9.15. The minimum absolute atomic E-state index is 0.207. The first-order valence-electron chi connectivity index (χ1n) is 5.34. The average Bonchev–Trinajstić information content (AvgIpc) is 2.85. The summed E-state index contributed by atoms with van der Waals surface area (Å²) in [7, 11) is 0. The molecular weight excluding hydrogens is 266 g/mol. The van der Waals surface area contributed by atoms with Crippen LogP contribution in [0.2, 0.25) is 0 Å². The number of pyridine rings is 1. The van der Waals surface area contributed by atoms with E-state index in [1.54, 1.807) is 23.8 Å². The van der Waals surface area contributed by atoms with E-state index in [0.717, 1.165) is 5.69 Å². The molecule has 2 amide bonds. The lowest BCUT2D eigenvalue weighted by Gasteiger charge is -2.00. The van der Waals surface area contributed by atoms with Crippen LogP contribution in [0.3, 0.4) is 0 Å². The number of nitrogens with two attached hydrogens (primary N) is 1. The van der Waals surface area contributed by atoms with Crippen molar-refractivity contribution in [2.45, 2.75) is 0 Å². The summed E-state index contributed by atoms with van der Waals surface area (Å²) in [5, 5.41) is 7.54. The van der Waals surface area contributed by atoms with Gasteiger partial charge >= 0.3 is 0 Å². The number of nitrogens with zero attached hydrogens (tertiary/aromatic N) is 2. The number of hydrogen-bond acceptors (Lipinski definition) is 6. The van der Waals surface area contributed by atoms with Crippen molar-refractivity contribution in [2.75, 3.05) is 11.9 Å². The number of thiazole rings is 1. The molecule has 98 valence electrons. The van der Waals surface area contributed by atoms with E-state index in [1.807, 2.05) is 6.07 Å². The molecule has 0 aliphatic rings. The van der Waals surface area contributed by atoms with Crippen LogP contribution >= 0.6 is 11.3 Å². The normalized spacial score (nSPS) is 9.89. The van der Waals surface area contributed by atoms with E-state index in [1.165, 1.54) is 11.3 Å². The quantitative estimate of drug-likeness (QED) is 0.737. The molecule has 0 atom stereocenters. The predicted octanol–water partition coefficient (Wildman–Crippen LogP) is 0.497. The van der Waals surface area contributed by atoms with Gasteiger partial charge in [-0.05, 0) is 12.1 Å². The summed E-state index contributed by atoms with van der Waals surface area (Å²) in [5.41, 5.74) is 5.95. The molecular formula is C11H11N5O2S. The molecule has 0 bridgehead atoms. The Balaban J connectivity index is 1.99. The SMILES string of the molecule is NC(=O)CNC(=O)c1csc(Nc2cccnc2)n1. The number of carbonyl (C=O) groups is 2. The lowest BCUT2D eigenvalue weighted by Crippen LogP contribution is -2.33. The van der Waals surface area contributed by atoms with Gasteiger partial charge in [0.1, 0.15) is 5.69 Å². The van der Waals surface area contributed by atoms with E-state index in [9.17, 15) is 9.59 Å². The van der Waals surface area contributed by atoms with Crippen molar-refractivity contribution < 1.29 is 9.59 Å². The number of aromatic nitrogens is 2. The van der Waals surface area contributed by atoms with E-state index in [2.05, 4.69) is 20.6 Å². The maximum atomic E-state index is 11.6. The fourth-order valence-corrected chi connectivity index (χ4v) is 1.96. The van der Waals surface area contributed by atoms with Crippen LogP contribution in [-0.2, 0) is 4.79 Å². The number of hydrogen-bond donors (Lipinski definition) is 3. The number of rotatable bonds is 5. The second-order valence-corrected chi connectivity index (χ2v) is 4.41. The summed E-state index contributed by atoms with van der Waals surface area (Å²) in [6, 6.07) is 3.62. The molecule has 8 heteroatoms. The van der Waals surface area contributed by atoms with Crippen molar-refractivity contribution in [3.05, 3.63) is 35.6 Å². The van der Waals surface area contributed by atoms with E-state index in [4.69, 9.17) is 5.73 Å². The molecule has 0 fully saturated rings. The molecule has 0 aliphatic carbocycles. The largest absolute Gasteiger partial charge is 0.368 e. The van der Waals surface area contributed by atoms with Crippen LogP contribution < -0.4 is 16.4 Å². The molecule has 0 unspecified atom stereocenters. The lowest BCUT2D eigenvalue weighted by molar-refractivity contribution is -0.117. The third kappa shape index (κ3) is 3.75. The van der Waals surface area contributed by atoms with Crippen molar-refractivity contribution in [2.24, 2.45) is 5.73 Å². The topological polar surface area (TPSA) is 110 Å². The zero-order chi connectivity index (χ0) is 13.7. The maximum absolute atomic E-state index is 11.6. The van der Waals surface area contributed by atoms with Gasteiger partial charge in [-0.15, -0.1) is 11.3 Å². The maximum Gasteiger partial charge on any atom is 0.271 e. The Morgan fingerprint density at radius 2 is 2.26 bits per heavy atom. The van der Waals surface area contributed by atoms with Crippen LogP contribution in [0.15, 0.2) is 29.9 Å². The van der Waals surface area contributed by atoms with Gasteiger partial charge in [0.05, 0.1) is 18.4 Å². The third-order valence-electron chi connectivity index (χ3n) is 2.07. The van der Waals surface area contributed by atoms with Gasteiger partial charge in [-0.3, -0.25) is 14.6 Å². The monoisotopic (exact) mass is 277 g/mol. The molecule has 0 aromatic carbocycles. The van der Waals surface area contributed by atoms with Crippen LogP contribution in [0, 0.1) is 0 Å². The summed E-state index contributed by atoms with van der Waals surface area (Å²) in [6.07, 6.45) is 3.31. The highest BCUT2D eigenvalue weighted by Gasteiger charge is 2.11. The molecule has 2 heterocycles. The van der Waals surface area contributed by atoms with E-state index in [0.29, 0.717) is 5.13 Å². The van der Waals surface area contributed by atoms with Gasteiger partial charge in [0, 0.05) is 11.6 Å². The third-order valence-corrected chi connectivity index (χ3v) is 2.83. The minimum atomic E-state index is -0.600. The molecule has 0 saturated carbocycles. The summed E-state index contributed by atoms with van der Waals surface area (Å²) in [5.74, 6) is -1.04. The van der Waals surface area contributed by atoms with Gasteiger partial charge in [0.15, 0.2) is 5.13 Å². The highest BCUT2D eigenvalue weighted by atomic mass is 32.1. The van der Waals surface area contributed by atoms with E-state index < -0.39 is 11.8 Å². The van der Waals surface area contributed by atoms with Crippen molar-refractivity contribution in [3.63, 3.8) is 0 Å². The van der Waals surface area contributed by atoms with Gasteiger partial charge in [0.2, 0.25) is 5.91 Å². The zero-order valence-corrected chi connectivity index (χ0v) is 10.6. The van der Waals surface area contributed by atoms with Crippen LogP contribution in [0.1, 0.15) is 10.5 Å². The number of nitrogens with one attached hydrogen (secondary N) is 2. The van der Waals surface area contributed by atoms with E-state index in [-0.39, 0.29) is 12.2 Å². The van der Waals surface area contributed by atoms with Crippen LogP contribution in [0.4, 0.5) is 10.8 Å². The van der Waals surface area contributed by atoms with Crippen molar-refractivity contribution >= 4 is 34.0 Å². The lowest BCUT2D eigenvalue weighted by atomic mass is 10.4. The van der Waals surface area contributed by atoms with Crippen molar-refractivity contribution in [1.82, 2.24) is 15.3 Å². The average molecular weight is 277 g/mol. The highest BCUT2D eigenvalue weighted by molar-refractivity contribution is 7.14. The van der Waals surface area contributed by atoms with Crippen molar-refractivity contribution in [3.8, 4) is 0 Å². The van der Waals surface area contributed by atoms with Gasteiger partial charge in [0.25, 0.3) is 5.91 Å². The molecule has 2 aromatic heterocycles. The first kappa shape index (κ1) is 13.0. The molecule has 7 nitrogen and oxygen atoms in total.